The van der Waals surface area contributed by atoms with Crippen LogP contribution >= 0.6 is 11.6 Å². The first-order valence-electron chi connectivity index (χ1n) is 21.6. The van der Waals surface area contributed by atoms with Gasteiger partial charge in [0.1, 0.15) is 22.0 Å². The lowest BCUT2D eigenvalue weighted by atomic mass is 10.1. The summed E-state index contributed by atoms with van der Waals surface area (Å²) in [4.78, 5) is 62.4. The summed E-state index contributed by atoms with van der Waals surface area (Å²) < 4.78 is 56.7. The molecule has 6 aromatic rings. The zero-order chi connectivity index (χ0) is 51.5. The Balaban J connectivity index is 0.000000262. The van der Waals surface area contributed by atoms with Gasteiger partial charge >= 0.3 is 5.97 Å². The predicted molar refractivity (Wildman–Crippen MR) is 268 cm³/mol. The number of nitrogens with one attached hydrogen (secondary N) is 4. The van der Waals surface area contributed by atoms with Gasteiger partial charge in [-0.1, -0.05) is 67.4 Å². The summed E-state index contributed by atoms with van der Waals surface area (Å²) in [7, 11) is -6.63. The third-order valence-corrected chi connectivity index (χ3v) is 15.4. The number of aryl methyl sites for hydroxylation is 3. The average Bonchev–Trinajstić information content (AvgIpc) is 3.31. The molecule has 6 N–H and O–H groups in total. The molecule has 0 radical (unpaired) electrons. The molecule has 0 aromatic heterocycles. The van der Waals surface area contributed by atoms with Gasteiger partial charge in [-0.15, -0.1) is 0 Å². The van der Waals surface area contributed by atoms with Gasteiger partial charge in [0.15, 0.2) is 19.7 Å². The minimum atomic E-state index is -3.98. The molecule has 2 unspecified atom stereocenters. The van der Waals surface area contributed by atoms with Crippen LogP contribution in [-0.4, -0.2) is 74.3 Å². The van der Waals surface area contributed by atoms with E-state index in [1.165, 1.54) is 79.9 Å². The van der Waals surface area contributed by atoms with Crippen LogP contribution in [0.15, 0.2) is 137 Å². The van der Waals surface area contributed by atoms with Gasteiger partial charge in [0, 0.05) is 28.9 Å². The highest BCUT2D eigenvalue weighted by Gasteiger charge is 2.34. The molecule has 366 valence electrons. The Hall–Kier alpha value is -7.54. The Labute approximate surface area is 410 Å². The lowest BCUT2D eigenvalue weighted by Gasteiger charge is -2.18. The Morgan fingerprint density at radius 2 is 1.00 bits per heavy atom. The Kier molecular flexibility index (Phi) is 17.7. The number of rotatable bonds is 15. The fourth-order valence-electron chi connectivity index (χ4n) is 6.96. The molecule has 0 saturated heterocycles. The van der Waals surface area contributed by atoms with Crippen molar-refractivity contribution in [1.29, 1.82) is 0 Å². The van der Waals surface area contributed by atoms with Crippen molar-refractivity contribution in [1.82, 2.24) is 0 Å². The molecule has 0 aliphatic heterocycles. The van der Waals surface area contributed by atoms with Crippen molar-refractivity contribution in [3.05, 3.63) is 166 Å². The Morgan fingerprint density at radius 1 is 0.529 bits per heavy atom. The number of hydrogen-bond acceptors (Lipinski definition) is 12. The van der Waals surface area contributed by atoms with Crippen molar-refractivity contribution in [2.24, 2.45) is 0 Å². The molecular formula is C51H51ClN4O12S2. The summed E-state index contributed by atoms with van der Waals surface area (Å²) in [6.07, 6.45) is 0.0906. The first kappa shape index (κ1) is 53.4. The van der Waals surface area contributed by atoms with Crippen molar-refractivity contribution in [2.45, 2.75) is 67.8 Å². The average molecular weight is 1010 g/mol. The highest BCUT2D eigenvalue weighted by atomic mass is 35.5. The van der Waals surface area contributed by atoms with Gasteiger partial charge in [0.25, 0.3) is 11.8 Å². The van der Waals surface area contributed by atoms with E-state index in [4.69, 9.17) is 11.6 Å². The van der Waals surface area contributed by atoms with Gasteiger partial charge in [-0.2, -0.15) is 0 Å². The van der Waals surface area contributed by atoms with Crippen molar-refractivity contribution < 1.29 is 55.8 Å². The Bertz CT molecular complexity index is 3180. The number of methoxy groups -OCH3 is 1. The summed E-state index contributed by atoms with van der Waals surface area (Å²) in [6, 6.07) is 31.9. The standard InChI is InChI=1S/C26H25ClN2O7S.C25H26N2O5S/c1-4-23(37(34,35)18-7-5-6-15(2)12-18)25(32)28-20-14-22(30)21(13-19(20)27)29-24(31)16-8-10-17(11-9-16)26(33)36-3;1-4-23(33(31,32)20-10-6-8-17(3)14-20)25(30)26-19-11-12-21(22(28)15-19)27-24(29)18-9-5-7-16(2)13-18/h5-14,23,30H,4H2,1-3H3,(H,28,32)(H,29,31);5-15,23,28H,4H2,1-3H3,(H,26,30)(H,27,29). The number of phenols is 2. The topological polar surface area (TPSA) is 251 Å². The SMILES string of the molecule is CCC(C(=O)Nc1cc(O)c(NC(=O)c2ccc(C(=O)OC)cc2)cc1Cl)S(=O)(=O)c1cccc(C)c1.CCC(C(=O)Nc1ccc(NC(=O)c2cccc(C)c2)c(O)c1)S(=O)(=O)c1cccc(C)c1. The molecule has 0 spiro atoms. The number of esters is 1. The molecule has 2 atom stereocenters. The molecule has 6 aromatic carbocycles. The number of carbonyl (C=O) groups is 5. The van der Waals surface area contributed by atoms with Crippen LogP contribution in [-0.2, 0) is 34.0 Å². The van der Waals surface area contributed by atoms with Crippen LogP contribution in [0.4, 0.5) is 22.7 Å². The molecule has 6 rings (SSSR count). The van der Waals surface area contributed by atoms with E-state index in [2.05, 4.69) is 26.0 Å². The van der Waals surface area contributed by atoms with Crippen LogP contribution in [0.25, 0.3) is 0 Å². The quantitative estimate of drug-likeness (QED) is 0.0416. The highest BCUT2D eigenvalue weighted by Crippen LogP contribution is 2.35. The summed E-state index contributed by atoms with van der Waals surface area (Å²) in [5.41, 5.74) is 3.67. The number of phenolic OH excluding ortho intramolecular Hbond substituents is 2. The van der Waals surface area contributed by atoms with Crippen LogP contribution in [0.5, 0.6) is 11.5 Å². The van der Waals surface area contributed by atoms with E-state index in [1.54, 1.807) is 70.2 Å². The first-order chi connectivity index (χ1) is 33.1. The van der Waals surface area contributed by atoms with Crippen molar-refractivity contribution in [2.75, 3.05) is 28.4 Å². The van der Waals surface area contributed by atoms with Crippen LogP contribution in [0.1, 0.15) is 74.5 Å². The molecular weight excluding hydrogens is 960 g/mol. The van der Waals surface area contributed by atoms with Crippen molar-refractivity contribution >= 4 is 83.6 Å². The fourth-order valence-corrected chi connectivity index (χ4v) is 10.6. The third-order valence-electron chi connectivity index (χ3n) is 10.7. The second-order valence-corrected chi connectivity index (χ2v) is 20.6. The number of amides is 4. The second-order valence-electron chi connectivity index (χ2n) is 15.9. The molecule has 19 heteroatoms. The molecule has 0 aliphatic rings. The summed E-state index contributed by atoms with van der Waals surface area (Å²) in [6.45, 7) is 8.60. The second kappa shape index (κ2) is 23.2. The summed E-state index contributed by atoms with van der Waals surface area (Å²) >= 11 is 6.27. The van der Waals surface area contributed by atoms with E-state index in [1.807, 2.05) is 13.0 Å². The smallest absolute Gasteiger partial charge is 0.337 e. The van der Waals surface area contributed by atoms with Gasteiger partial charge in [-0.05, 0) is 124 Å². The maximum atomic E-state index is 13.1. The Morgan fingerprint density at radius 3 is 1.50 bits per heavy atom. The summed E-state index contributed by atoms with van der Waals surface area (Å²) in [5, 5.41) is 28.2. The lowest BCUT2D eigenvalue weighted by molar-refractivity contribution is -0.116. The minimum Gasteiger partial charge on any atom is -0.506 e. The molecule has 0 bridgehead atoms. The van der Waals surface area contributed by atoms with Crippen molar-refractivity contribution in [3.8, 4) is 11.5 Å². The molecule has 70 heavy (non-hydrogen) atoms. The largest absolute Gasteiger partial charge is 0.506 e. The zero-order valence-electron chi connectivity index (χ0n) is 38.9. The van der Waals surface area contributed by atoms with E-state index in [0.717, 1.165) is 22.8 Å². The molecule has 0 saturated carbocycles. The number of ether oxygens (including phenoxy) is 1. The van der Waals surface area contributed by atoms with Crippen LogP contribution in [0.2, 0.25) is 5.02 Å². The molecule has 0 fully saturated rings. The number of benzene rings is 6. The van der Waals surface area contributed by atoms with E-state index in [0.29, 0.717) is 5.56 Å². The van der Waals surface area contributed by atoms with Crippen molar-refractivity contribution in [3.63, 3.8) is 0 Å². The van der Waals surface area contributed by atoms with E-state index >= 15 is 0 Å². The molecule has 4 amide bonds. The predicted octanol–water partition coefficient (Wildman–Crippen LogP) is 9.04. The van der Waals surface area contributed by atoms with Gasteiger partial charge in [-0.3, -0.25) is 19.2 Å². The fraction of sp³-hybridized carbons (Fsp3) is 0.196. The first-order valence-corrected chi connectivity index (χ1v) is 25.0. The van der Waals surface area contributed by atoms with Gasteiger partial charge in [0.2, 0.25) is 11.8 Å². The molecule has 0 heterocycles. The van der Waals surface area contributed by atoms with Crippen LogP contribution in [0.3, 0.4) is 0 Å². The highest BCUT2D eigenvalue weighted by molar-refractivity contribution is 7.93. The lowest BCUT2D eigenvalue weighted by Crippen LogP contribution is -2.34. The number of hydrogen-bond donors (Lipinski definition) is 6. The van der Waals surface area contributed by atoms with E-state index in [-0.39, 0.29) is 73.2 Å². The number of sulfone groups is 2. The minimum absolute atomic E-state index is 0.00855. The normalized spacial score (nSPS) is 12.0. The third kappa shape index (κ3) is 13.2. The maximum Gasteiger partial charge on any atom is 0.337 e. The van der Waals surface area contributed by atoms with Gasteiger partial charge < -0.3 is 36.2 Å². The van der Waals surface area contributed by atoms with Crippen LogP contribution < -0.4 is 21.3 Å². The summed E-state index contributed by atoms with van der Waals surface area (Å²) in [5.74, 6) is -3.71. The van der Waals surface area contributed by atoms with E-state index < -0.39 is 59.6 Å². The maximum absolute atomic E-state index is 13.1. The monoisotopic (exact) mass is 1010 g/mol. The molecule has 0 aliphatic carbocycles. The number of carbonyl (C=O) groups excluding carboxylic acids is 5. The number of anilines is 4. The van der Waals surface area contributed by atoms with E-state index in [9.17, 15) is 51.0 Å². The van der Waals surface area contributed by atoms with Gasteiger partial charge in [-0.25, -0.2) is 21.6 Å². The van der Waals surface area contributed by atoms with Gasteiger partial charge in [0.05, 0.1) is 44.5 Å². The molecule has 16 nitrogen and oxygen atoms in total. The van der Waals surface area contributed by atoms with Crippen LogP contribution in [0, 0.1) is 20.8 Å². The number of halogens is 1. The zero-order valence-corrected chi connectivity index (χ0v) is 41.3. The number of aromatic hydroxyl groups is 2.